The van der Waals surface area contributed by atoms with Crippen molar-refractivity contribution in [3.63, 3.8) is 0 Å². The maximum atomic E-state index is 13.3. The van der Waals surface area contributed by atoms with Crippen LogP contribution in [0.4, 0.5) is 0 Å². The summed E-state index contributed by atoms with van der Waals surface area (Å²) in [7, 11) is 1.46. The molecule has 0 aromatic heterocycles. The summed E-state index contributed by atoms with van der Waals surface area (Å²) in [6.07, 6.45) is 2.05. The minimum atomic E-state index is -2.48. The number of rotatable bonds is 12. The number of benzene rings is 1. The van der Waals surface area contributed by atoms with Crippen LogP contribution < -0.4 is 10.6 Å². The molecule has 1 aliphatic heterocycles. The number of likely N-dealkylation sites (N-methyl/N-ethyl adjacent to an activating group) is 1. The van der Waals surface area contributed by atoms with Gasteiger partial charge in [-0.3, -0.25) is 9.59 Å². The lowest BCUT2D eigenvalue weighted by molar-refractivity contribution is -0.211. The van der Waals surface area contributed by atoms with Crippen LogP contribution in [0.1, 0.15) is 45.1 Å². The summed E-state index contributed by atoms with van der Waals surface area (Å²) in [5, 5.41) is 26.2. The Hall–Kier alpha value is -2.49. The van der Waals surface area contributed by atoms with E-state index in [0.29, 0.717) is 13.0 Å². The minimum absolute atomic E-state index is 0.0925. The van der Waals surface area contributed by atoms with E-state index in [2.05, 4.69) is 10.6 Å². The molecule has 0 bridgehead atoms. The SMILES string of the molecule is CNC(=O)[C@H](Cc1ccccc1)NC(=O)[C@H](CC(C)C)[C@](O)(COC1CCCCO1)C(=O)O. The fourth-order valence-electron chi connectivity index (χ4n) is 3.87. The lowest BCUT2D eigenvalue weighted by Gasteiger charge is -2.35. The monoisotopic (exact) mass is 464 g/mol. The highest BCUT2D eigenvalue weighted by molar-refractivity contribution is 5.92. The van der Waals surface area contributed by atoms with Gasteiger partial charge in [0.05, 0.1) is 12.5 Å². The molecule has 1 aliphatic rings. The van der Waals surface area contributed by atoms with E-state index < -0.39 is 48.2 Å². The van der Waals surface area contributed by atoms with Gasteiger partial charge in [0, 0.05) is 20.1 Å². The Labute approximate surface area is 194 Å². The van der Waals surface area contributed by atoms with E-state index >= 15 is 0 Å². The Morgan fingerprint density at radius 1 is 1.18 bits per heavy atom. The number of aliphatic hydroxyl groups is 1. The largest absolute Gasteiger partial charge is 0.479 e. The van der Waals surface area contributed by atoms with Gasteiger partial charge in [-0.2, -0.15) is 0 Å². The van der Waals surface area contributed by atoms with E-state index in [0.717, 1.165) is 18.4 Å². The maximum absolute atomic E-state index is 13.3. The van der Waals surface area contributed by atoms with Crippen molar-refractivity contribution in [2.45, 2.75) is 63.9 Å². The van der Waals surface area contributed by atoms with Crippen molar-refractivity contribution >= 4 is 17.8 Å². The van der Waals surface area contributed by atoms with Crippen LogP contribution in [0.15, 0.2) is 30.3 Å². The van der Waals surface area contributed by atoms with Crippen LogP contribution in [0.5, 0.6) is 0 Å². The molecule has 4 N–H and O–H groups in total. The van der Waals surface area contributed by atoms with Crippen LogP contribution in [0, 0.1) is 11.8 Å². The molecule has 2 amide bonds. The van der Waals surface area contributed by atoms with Gasteiger partial charge in [0.2, 0.25) is 11.8 Å². The van der Waals surface area contributed by atoms with Crippen molar-refractivity contribution in [2.24, 2.45) is 11.8 Å². The average Bonchev–Trinajstić information content (AvgIpc) is 2.81. The summed E-state index contributed by atoms with van der Waals surface area (Å²) in [5.74, 6) is -4.11. The van der Waals surface area contributed by atoms with Gasteiger partial charge >= 0.3 is 5.97 Å². The fraction of sp³-hybridized carbons (Fsp3) is 0.625. The zero-order chi connectivity index (χ0) is 24.4. The van der Waals surface area contributed by atoms with Crippen molar-refractivity contribution < 1.29 is 34.1 Å². The summed E-state index contributed by atoms with van der Waals surface area (Å²) >= 11 is 0. The topological polar surface area (TPSA) is 134 Å². The lowest BCUT2D eigenvalue weighted by Crippen LogP contribution is -2.58. The van der Waals surface area contributed by atoms with Crippen molar-refractivity contribution in [2.75, 3.05) is 20.3 Å². The van der Waals surface area contributed by atoms with Crippen LogP contribution in [-0.4, -0.2) is 66.2 Å². The van der Waals surface area contributed by atoms with Gasteiger partial charge in [-0.1, -0.05) is 44.2 Å². The first kappa shape index (κ1) is 26.8. The lowest BCUT2D eigenvalue weighted by atomic mass is 9.81. The van der Waals surface area contributed by atoms with Gasteiger partial charge in [0.15, 0.2) is 11.9 Å². The highest BCUT2D eigenvalue weighted by Crippen LogP contribution is 2.28. The number of nitrogens with one attached hydrogen (secondary N) is 2. The summed E-state index contributed by atoms with van der Waals surface area (Å²) < 4.78 is 11.1. The predicted octanol–water partition coefficient (Wildman–Crippen LogP) is 1.48. The molecule has 0 saturated carbocycles. The number of carboxylic acids is 1. The zero-order valence-corrected chi connectivity index (χ0v) is 19.6. The van der Waals surface area contributed by atoms with Crippen LogP contribution in [-0.2, 0) is 30.3 Å². The molecular weight excluding hydrogens is 428 g/mol. The molecular formula is C24H36N2O7. The molecule has 2 rings (SSSR count). The van der Waals surface area contributed by atoms with Gasteiger partial charge in [0.1, 0.15) is 6.04 Å². The second-order valence-corrected chi connectivity index (χ2v) is 8.88. The van der Waals surface area contributed by atoms with Gasteiger partial charge in [0.25, 0.3) is 0 Å². The zero-order valence-electron chi connectivity index (χ0n) is 19.6. The Morgan fingerprint density at radius 2 is 1.88 bits per heavy atom. The highest BCUT2D eigenvalue weighted by atomic mass is 16.7. The molecule has 0 spiro atoms. The van der Waals surface area contributed by atoms with E-state index in [9.17, 15) is 24.6 Å². The standard InChI is InChI=1S/C24H36N2O7/c1-16(2)13-18(24(31,23(29)30)15-33-20-11-7-8-12-32-20)21(27)26-19(22(28)25-3)14-17-9-5-4-6-10-17/h4-6,9-10,16,18-20,31H,7-8,11-15H2,1-3H3,(H,25,28)(H,26,27)(H,29,30)/t18-,19-,20?,24+/m0/s1. The molecule has 1 saturated heterocycles. The molecule has 4 atom stereocenters. The number of carboxylic acid groups (broad SMARTS) is 1. The van der Waals surface area contributed by atoms with E-state index in [4.69, 9.17) is 9.47 Å². The minimum Gasteiger partial charge on any atom is -0.479 e. The molecule has 33 heavy (non-hydrogen) atoms. The first-order valence-corrected chi connectivity index (χ1v) is 11.4. The quantitative estimate of drug-likeness (QED) is 0.368. The third kappa shape index (κ3) is 7.80. The third-order valence-corrected chi connectivity index (χ3v) is 5.76. The third-order valence-electron chi connectivity index (χ3n) is 5.76. The van der Waals surface area contributed by atoms with Gasteiger partial charge in [-0.05, 0) is 37.2 Å². The fourth-order valence-corrected chi connectivity index (χ4v) is 3.87. The molecule has 1 aromatic rings. The molecule has 9 heteroatoms. The Balaban J connectivity index is 2.23. The molecule has 1 heterocycles. The maximum Gasteiger partial charge on any atom is 0.339 e. The molecule has 9 nitrogen and oxygen atoms in total. The van der Waals surface area contributed by atoms with E-state index in [-0.39, 0.29) is 18.8 Å². The predicted molar refractivity (Wildman–Crippen MR) is 121 cm³/mol. The Morgan fingerprint density at radius 3 is 2.42 bits per heavy atom. The number of ether oxygens (including phenoxy) is 2. The smallest absolute Gasteiger partial charge is 0.339 e. The average molecular weight is 465 g/mol. The number of aliphatic carboxylic acids is 1. The first-order chi connectivity index (χ1) is 15.7. The molecule has 1 fully saturated rings. The second-order valence-electron chi connectivity index (χ2n) is 8.88. The summed E-state index contributed by atoms with van der Waals surface area (Å²) in [5.41, 5.74) is -1.65. The van der Waals surface area contributed by atoms with Crippen molar-refractivity contribution in [3.8, 4) is 0 Å². The number of amides is 2. The van der Waals surface area contributed by atoms with E-state index in [1.165, 1.54) is 7.05 Å². The van der Waals surface area contributed by atoms with Crippen molar-refractivity contribution in [1.82, 2.24) is 10.6 Å². The number of carbonyl (C=O) groups is 3. The van der Waals surface area contributed by atoms with Crippen LogP contribution >= 0.6 is 0 Å². The van der Waals surface area contributed by atoms with E-state index in [1.54, 1.807) is 0 Å². The number of hydrogen-bond acceptors (Lipinski definition) is 6. The highest BCUT2D eigenvalue weighted by Gasteiger charge is 2.49. The van der Waals surface area contributed by atoms with Gasteiger partial charge in [-0.25, -0.2) is 4.79 Å². The van der Waals surface area contributed by atoms with Gasteiger partial charge < -0.3 is 30.3 Å². The summed E-state index contributed by atoms with van der Waals surface area (Å²) in [6, 6.07) is 8.23. The summed E-state index contributed by atoms with van der Waals surface area (Å²) in [4.78, 5) is 37.9. The van der Waals surface area contributed by atoms with Crippen LogP contribution in [0.3, 0.4) is 0 Å². The van der Waals surface area contributed by atoms with Crippen LogP contribution in [0.25, 0.3) is 0 Å². The van der Waals surface area contributed by atoms with Crippen LogP contribution in [0.2, 0.25) is 0 Å². The molecule has 0 radical (unpaired) electrons. The molecule has 1 aromatic carbocycles. The second kappa shape index (κ2) is 12.7. The Kier molecular flexibility index (Phi) is 10.3. The first-order valence-electron chi connectivity index (χ1n) is 11.4. The van der Waals surface area contributed by atoms with E-state index in [1.807, 2.05) is 44.2 Å². The van der Waals surface area contributed by atoms with Crippen molar-refractivity contribution in [3.05, 3.63) is 35.9 Å². The molecule has 0 aliphatic carbocycles. The van der Waals surface area contributed by atoms with Crippen molar-refractivity contribution in [1.29, 1.82) is 0 Å². The Bertz CT molecular complexity index is 780. The van der Waals surface area contributed by atoms with Gasteiger partial charge in [-0.15, -0.1) is 0 Å². The summed E-state index contributed by atoms with van der Waals surface area (Å²) in [6.45, 7) is 3.56. The normalized spacial score (nSPS) is 19.8. The number of carbonyl (C=O) groups excluding carboxylic acids is 2. The molecule has 184 valence electrons. The number of hydrogen-bond donors (Lipinski definition) is 4. The molecule has 1 unspecified atom stereocenters.